The molecule has 6 nitrogen and oxygen atoms in total. The summed E-state index contributed by atoms with van der Waals surface area (Å²) < 4.78 is 13.9. The van der Waals surface area contributed by atoms with E-state index in [2.05, 4.69) is 26.9 Å². The van der Waals surface area contributed by atoms with Gasteiger partial charge in [-0.2, -0.15) is 0 Å². The molecule has 1 saturated heterocycles. The molecule has 2 aromatic heterocycles. The lowest BCUT2D eigenvalue weighted by Crippen LogP contribution is -2.47. The fraction of sp³-hybridized carbons (Fsp3) is 0.350. The Labute approximate surface area is 157 Å². The number of piperazine rings is 1. The van der Waals surface area contributed by atoms with Crippen molar-refractivity contribution in [2.75, 3.05) is 33.2 Å². The molecule has 1 aromatic carbocycles. The minimum atomic E-state index is -0.326. The molecule has 4 rings (SSSR count). The third kappa shape index (κ3) is 3.30. The van der Waals surface area contributed by atoms with Crippen LogP contribution in [0.25, 0.3) is 22.6 Å². The quantitative estimate of drug-likeness (QED) is 0.773. The predicted molar refractivity (Wildman–Crippen MR) is 102 cm³/mol. The van der Waals surface area contributed by atoms with Crippen molar-refractivity contribution in [3.05, 3.63) is 47.4 Å². The molecule has 1 N–H and O–H groups in total. The lowest BCUT2D eigenvalue weighted by Gasteiger charge is -2.32. The Balaban J connectivity index is 1.59. The topological polar surface area (TPSA) is 65.1 Å². The number of carbonyl (C=O) groups excluding carboxylic acids is 1. The number of fused-ring (bicyclic) bond motifs is 1. The largest absolute Gasteiger partial charge is 0.336 e. The van der Waals surface area contributed by atoms with Crippen molar-refractivity contribution in [2.45, 2.75) is 13.3 Å². The molecule has 7 heteroatoms. The standard InChI is InChI=1S/C20H22FN5O/c1-3-15-16(21)12-22-19-17(15)23-18(24-19)13-4-6-14(7-5-13)20(27)26-10-8-25(2)9-11-26/h4-7,12H,3,8-11H2,1-2H3,(H,22,23,24). The van der Waals surface area contributed by atoms with Gasteiger partial charge in [0, 0.05) is 42.9 Å². The van der Waals surface area contributed by atoms with E-state index in [1.54, 1.807) is 0 Å². The third-order valence-electron chi connectivity index (χ3n) is 5.12. The SMILES string of the molecule is CCc1c(F)cnc2nc(-c3ccc(C(=O)N4CCN(C)CC4)cc3)[nH]c12. The Morgan fingerprint density at radius 3 is 2.56 bits per heavy atom. The average molecular weight is 367 g/mol. The van der Waals surface area contributed by atoms with Crippen molar-refractivity contribution >= 4 is 17.1 Å². The lowest BCUT2D eigenvalue weighted by atomic mass is 10.1. The molecule has 27 heavy (non-hydrogen) atoms. The highest BCUT2D eigenvalue weighted by atomic mass is 19.1. The highest BCUT2D eigenvalue weighted by molar-refractivity contribution is 5.94. The molecule has 0 spiro atoms. The van der Waals surface area contributed by atoms with Gasteiger partial charge in [-0.25, -0.2) is 14.4 Å². The summed E-state index contributed by atoms with van der Waals surface area (Å²) in [4.78, 5) is 28.5. The molecule has 1 amide bonds. The van der Waals surface area contributed by atoms with Crippen LogP contribution in [0.4, 0.5) is 4.39 Å². The number of aromatic amines is 1. The van der Waals surface area contributed by atoms with Crippen LogP contribution in [0, 0.1) is 5.82 Å². The van der Waals surface area contributed by atoms with Crippen molar-refractivity contribution in [1.82, 2.24) is 24.8 Å². The molecule has 1 aliphatic rings. The number of hydrogen-bond donors (Lipinski definition) is 1. The molecular formula is C20H22FN5O. The normalized spacial score (nSPS) is 15.4. The number of likely N-dealkylation sites (N-methyl/N-ethyl adjacent to an activating group) is 1. The van der Waals surface area contributed by atoms with Crippen LogP contribution in [0.5, 0.6) is 0 Å². The van der Waals surface area contributed by atoms with Gasteiger partial charge in [0.1, 0.15) is 11.6 Å². The number of nitrogens with one attached hydrogen (secondary N) is 1. The van der Waals surface area contributed by atoms with Gasteiger partial charge >= 0.3 is 0 Å². The van der Waals surface area contributed by atoms with Crippen LogP contribution in [0.3, 0.4) is 0 Å². The molecule has 3 aromatic rings. The average Bonchev–Trinajstić information content (AvgIpc) is 3.12. The zero-order valence-electron chi connectivity index (χ0n) is 15.5. The van der Waals surface area contributed by atoms with E-state index in [1.165, 1.54) is 6.20 Å². The first-order chi connectivity index (χ1) is 13.1. The third-order valence-corrected chi connectivity index (χ3v) is 5.12. The van der Waals surface area contributed by atoms with Crippen LogP contribution in [0.1, 0.15) is 22.8 Å². The van der Waals surface area contributed by atoms with Crippen molar-refractivity contribution in [1.29, 1.82) is 0 Å². The monoisotopic (exact) mass is 367 g/mol. The fourth-order valence-electron chi connectivity index (χ4n) is 3.43. The minimum Gasteiger partial charge on any atom is -0.336 e. The Kier molecular flexibility index (Phi) is 4.61. The highest BCUT2D eigenvalue weighted by Crippen LogP contribution is 2.24. The summed E-state index contributed by atoms with van der Waals surface area (Å²) in [6.45, 7) is 5.19. The summed E-state index contributed by atoms with van der Waals surface area (Å²) in [5.74, 6) is 0.348. The Hall–Kier alpha value is -2.80. The van der Waals surface area contributed by atoms with Gasteiger partial charge in [0.2, 0.25) is 0 Å². The smallest absolute Gasteiger partial charge is 0.253 e. The molecule has 0 bridgehead atoms. The number of imidazole rings is 1. The second-order valence-electron chi connectivity index (χ2n) is 6.90. The fourth-order valence-corrected chi connectivity index (χ4v) is 3.43. The lowest BCUT2D eigenvalue weighted by molar-refractivity contribution is 0.0664. The number of aryl methyl sites for hydroxylation is 1. The van der Waals surface area contributed by atoms with E-state index >= 15 is 0 Å². The van der Waals surface area contributed by atoms with Crippen LogP contribution in [-0.2, 0) is 6.42 Å². The van der Waals surface area contributed by atoms with Crippen molar-refractivity contribution < 1.29 is 9.18 Å². The number of amides is 1. The number of rotatable bonds is 3. The number of carbonyl (C=O) groups is 1. The molecule has 3 heterocycles. The first-order valence-electron chi connectivity index (χ1n) is 9.18. The zero-order chi connectivity index (χ0) is 19.0. The van der Waals surface area contributed by atoms with Gasteiger partial charge in [0.05, 0.1) is 11.7 Å². The molecule has 140 valence electrons. The zero-order valence-corrected chi connectivity index (χ0v) is 15.5. The number of halogens is 1. The van der Waals surface area contributed by atoms with Gasteiger partial charge in [-0.15, -0.1) is 0 Å². The minimum absolute atomic E-state index is 0.0521. The summed E-state index contributed by atoms with van der Waals surface area (Å²) >= 11 is 0. The van der Waals surface area contributed by atoms with Gasteiger partial charge in [-0.05, 0) is 25.6 Å². The van der Waals surface area contributed by atoms with Gasteiger partial charge in [0.15, 0.2) is 5.65 Å². The van der Waals surface area contributed by atoms with E-state index in [-0.39, 0.29) is 11.7 Å². The van der Waals surface area contributed by atoms with Crippen molar-refractivity contribution in [2.24, 2.45) is 0 Å². The number of benzene rings is 1. The molecule has 1 fully saturated rings. The van der Waals surface area contributed by atoms with E-state index in [9.17, 15) is 9.18 Å². The summed E-state index contributed by atoms with van der Waals surface area (Å²) in [6.07, 6.45) is 1.77. The summed E-state index contributed by atoms with van der Waals surface area (Å²) in [5, 5.41) is 0. The molecule has 0 unspecified atom stereocenters. The second-order valence-corrected chi connectivity index (χ2v) is 6.90. The maximum Gasteiger partial charge on any atom is 0.253 e. The Morgan fingerprint density at radius 2 is 1.89 bits per heavy atom. The summed E-state index contributed by atoms with van der Waals surface area (Å²) in [7, 11) is 2.06. The number of pyridine rings is 1. The maximum atomic E-state index is 13.9. The van der Waals surface area contributed by atoms with Crippen molar-refractivity contribution in [3.63, 3.8) is 0 Å². The summed E-state index contributed by atoms with van der Waals surface area (Å²) in [6, 6.07) is 7.36. The van der Waals surface area contributed by atoms with E-state index < -0.39 is 0 Å². The predicted octanol–water partition coefficient (Wildman–Crippen LogP) is 2.71. The van der Waals surface area contributed by atoms with Crippen LogP contribution < -0.4 is 0 Å². The number of H-pyrrole nitrogens is 1. The van der Waals surface area contributed by atoms with Crippen LogP contribution in [-0.4, -0.2) is 63.9 Å². The second kappa shape index (κ2) is 7.08. The van der Waals surface area contributed by atoms with Crippen LogP contribution >= 0.6 is 0 Å². The van der Waals surface area contributed by atoms with Crippen LogP contribution in [0.2, 0.25) is 0 Å². The Bertz CT molecular complexity index is 974. The van der Waals surface area contributed by atoms with Gasteiger partial charge in [-0.3, -0.25) is 4.79 Å². The molecule has 0 radical (unpaired) electrons. The van der Waals surface area contributed by atoms with Crippen molar-refractivity contribution in [3.8, 4) is 11.4 Å². The van der Waals surface area contributed by atoms with E-state index in [1.807, 2.05) is 36.1 Å². The summed E-state index contributed by atoms with van der Waals surface area (Å²) in [5.41, 5.74) is 3.22. The first-order valence-corrected chi connectivity index (χ1v) is 9.18. The maximum absolute atomic E-state index is 13.9. The molecule has 1 aliphatic heterocycles. The highest BCUT2D eigenvalue weighted by Gasteiger charge is 2.20. The molecule has 0 atom stereocenters. The van der Waals surface area contributed by atoms with E-state index in [4.69, 9.17) is 0 Å². The Morgan fingerprint density at radius 1 is 1.19 bits per heavy atom. The van der Waals surface area contributed by atoms with Gasteiger partial charge in [0.25, 0.3) is 5.91 Å². The van der Waals surface area contributed by atoms with E-state index in [0.29, 0.717) is 34.5 Å². The molecule has 0 saturated carbocycles. The molecule has 0 aliphatic carbocycles. The number of nitrogens with zero attached hydrogens (tertiary/aromatic N) is 4. The molecular weight excluding hydrogens is 345 g/mol. The van der Waals surface area contributed by atoms with Crippen LogP contribution in [0.15, 0.2) is 30.5 Å². The van der Waals surface area contributed by atoms with E-state index in [0.717, 1.165) is 31.7 Å². The number of hydrogen-bond acceptors (Lipinski definition) is 4. The number of aromatic nitrogens is 3. The van der Waals surface area contributed by atoms with Gasteiger partial charge in [-0.1, -0.05) is 19.1 Å². The first kappa shape index (κ1) is 17.6. The van der Waals surface area contributed by atoms with Gasteiger partial charge < -0.3 is 14.8 Å².